The van der Waals surface area contributed by atoms with E-state index in [0.717, 1.165) is 59.5 Å². The molecule has 1 N–H and O–H groups in total. The van der Waals surface area contributed by atoms with Crippen LogP contribution in [0, 0.1) is 0 Å². The number of benzene rings is 1. The van der Waals surface area contributed by atoms with Gasteiger partial charge >= 0.3 is 0 Å². The van der Waals surface area contributed by atoms with Gasteiger partial charge < -0.3 is 9.55 Å². The van der Waals surface area contributed by atoms with Crippen molar-refractivity contribution < 1.29 is 0 Å². The van der Waals surface area contributed by atoms with Crippen molar-refractivity contribution in [3.05, 3.63) is 76.6 Å². The van der Waals surface area contributed by atoms with E-state index in [9.17, 15) is 4.79 Å². The fraction of sp³-hybridized carbons (Fsp3) is 0.333. The first-order chi connectivity index (χ1) is 14.8. The van der Waals surface area contributed by atoms with Crippen molar-refractivity contribution in [2.75, 3.05) is 0 Å². The Balaban J connectivity index is 1.47. The summed E-state index contributed by atoms with van der Waals surface area (Å²) in [7, 11) is 0. The number of aromatic nitrogens is 5. The van der Waals surface area contributed by atoms with Crippen LogP contribution in [0.4, 0.5) is 0 Å². The quantitative estimate of drug-likeness (QED) is 0.537. The fourth-order valence-corrected chi connectivity index (χ4v) is 4.54. The van der Waals surface area contributed by atoms with E-state index < -0.39 is 0 Å². The van der Waals surface area contributed by atoms with Crippen molar-refractivity contribution >= 4 is 10.9 Å². The molecular weight excluding hydrogens is 374 g/mol. The summed E-state index contributed by atoms with van der Waals surface area (Å²) < 4.78 is 2.33. The van der Waals surface area contributed by atoms with Crippen LogP contribution in [0.25, 0.3) is 22.3 Å². The second kappa shape index (κ2) is 8.22. The van der Waals surface area contributed by atoms with Crippen molar-refractivity contribution in [1.29, 1.82) is 0 Å². The molecule has 1 aliphatic carbocycles. The van der Waals surface area contributed by atoms with Gasteiger partial charge in [-0.15, -0.1) is 10.2 Å². The van der Waals surface area contributed by atoms with Gasteiger partial charge in [-0.2, -0.15) is 0 Å². The standard InChI is InChI=1S/C24H25N5O/c30-22-15-18(26-21-11-5-4-10-20(21)22)12-13-23-27-28-24(17-7-6-14-25-16-17)29(23)19-8-2-1-3-9-19/h4-7,10-11,14-16,19H,1-3,8-9,12-13H2,(H,26,30). The number of pyridine rings is 2. The minimum atomic E-state index is 0.0594. The minimum Gasteiger partial charge on any atom is -0.358 e. The fourth-order valence-electron chi connectivity index (χ4n) is 4.54. The number of hydrogen-bond donors (Lipinski definition) is 1. The predicted molar refractivity (Wildman–Crippen MR) is 117 cm³/mol. The van der Waals surface area contributed by atoms with Crippen LogP contribution < -0.4 is 5.43 Å². The lowest BCUT2D eigenvalue weighted by atomic mass is 9.94. The summed E-state index contributed by atoms with van der Waals surface area (Å²) >= 11 is 0. The number of hydrogen-bond acceptors (Lipinski definition) is 4. The van der Waals surface area contributed by atoms with Crippen LogP contribution in [0.1, 0.15) is 49.7 Å². The minimum absolute atomic E-state index is 0.0594. The zero-order chi connectivity index (χ0) is 20.3. The van der Waals surface area contributed by atoms with Crippen LogP contribution in [-0.4, -0.2) is 24.7 Å². The molecule has 0 saturated heterocycles. The Morgan fingerprint density at radius 2 is 1.87 bits per heavy atom. The summed E-state index contributed by atoms with van der Waals surface area (Å²) in [4.78, 5) is 20.1. The summed E-state index contributed by atoms with van der Waals surface area (Å²) in [5.74, 6) is 1.88. The molecule has 1 saturated carbocycles. The van der Waals surface area contributed by atoms with Gasteiger partial charge in [-0.05, 0) is 43.5 Å². The van der Waals surface area contributed by atoms with Crippen LogP contribution in [0.3, 0.4) is 0 Å². The Labute approximate surface area is 175 Å². The highest BCUT2D eigenvalue weighted by atomic mass is 16.1. The smallest absolute Gasteiger partial charge is 0.189 e. The molecule has 1 aliphatic rings. The first-order valence-electron chi connectivity index (χ1n) is 10.7. The molecule has 0 atom stereocenters. The van der Waals surface area contributed by atoms with Crippen LogP contribution in [0.5, 0.6) is 0 Å². The van der Waals surface area contributed by atoms with E-state index in [1.165, 1.54) is 19.3 Å². The van der Waals surface area contributed by atoms with Crippen LogP contribution in [0.2, 0.25) is 0 Å². The van der Waals surface area contributed by atoms with E-state index >= 15 is 0 Å². The van der Waals surface area contributed by atoms with E-state index in [-0.39, 0.29) is 5.43 Å². The van der Waals surface area contributed by atoms with E-state index in [2.05, 4.69) is 24.7 Å². The van der Waals surface area contributed by atoms with E-state index in [1.54, 1.807) is 12.3 Å². The number of nitrogens with zero attached hydrogens (tertiary/aromatic N) is 4. The molecule has 30 heavy (non-hydrogen) atoms. The van der Waals surface area contributed by atoms with Crippen LogP contribution in [-0.2, 0) is 12.8 Å². The molecule has 4 aromatic rings. The molecule has 0 aliphatic heterocycles. The third-order valence-electron chi connectivity index (χ3n) is 6.04. The van der Waals surface area contributed by atoms with Gasteiger partial charge in [-0.1, -0.05) is 31.4 Å². The predicted octanol–water partition coefficient (Wildman–Crippen LogP) is 4.47. The van der Waals surface area contributed by atoms with E-state index in [0.29, 0.717) is 6.04 Å². The third-order valence-corrected chi connectivity index (χ3v) is 6.04. The van der Waals surface area contributed by atoms with Gasteiger partial charge in [-0.25, -0.2) is 0 Å². The van der Waals surface area contributed by atoms with Gasteiger partial charge in [-0.3, -0.25) is 9.78 Å². The molecule has 152 valence electrons. The van der Waals surface area contributed by atoms with Crippen LogP contribution >= 0.6 is 0 Å². The molecule has 5 rings (SSSR count). The van der Waals surface area contributed by atoms with E-state index in [4.69, 9.17) is 0 Å². The summed E-state index contributed by atoms with van der Waals surface area (Å²) in [6, 6.07) is 13.8. The molecule has 1 aromatic carbocycles. The van der Waals surface area contributed by atoms with E-state index in [1.807, 2.05) is 42.6 Å². The van der Waals surface area contributed by atoms with Gasteiger partial charge in [0.1, 0.15) is 5.82 Å². The zero-order valence-electron chi connectivity index (χ0n) is 16.9. The average Bonchev–Trinajstić information content (AvgIpc) is 3.23. The summed E-state index contributed by atoms with van der Waals surface area (Å²) in [5, 5.41) is 9.83. The first kappa shape index (κ1) is 18.7. The molecule has 0 radical (unpaired) electrons. The maximum absolute atomic E-state index is 12.5. The van der Waals surface area contributed by atoms with Gasteiger partial charge in [0, 0.05) is 53.1 Å². The highest BCUT2D eigenvalue weighted by molar-refractivity contribution is 5.78. The molecule has 3 heterocycles. The number of aromatic amines is 1. The summed E-state index contributed by atoms with van der Waals surface area (Å²) in [6.45, 7) is 0. The zero-order valence-corrected chi connectivity index (χ0v) is 16.9. The van der Waals surface area contributed by atoms with Gasteiger partial charge in [0.2, 0.25) is 0 Å². The van der Waals surface area contributed by atoms with Crippen LogP contribution in [0.15, 0.2) is 59.7 Å². The van der Waals surface area contributed by atoms with Gasteiger partial charge in [0.05, 0.1) is 0 Å². The van der Waals surface area contributed by atoms with Crippen molar-refractivity contribution in [3.8, 4) is 11.4 Å². The number of nitrogens with one attached hydrogen (secondary N) is 1. The van der Waals surface area contributed by atoms with Gasteiger partial charge in [0.15, 0.2) is 11.3 Å². The molecule has 6 nitrogen and oxygen atoms in total. The lowest BCUT2D eigenvalue weighted by Gasteiger charge is -2.26. The van der Waals surface area contributed by atoms with Crippen molar-refractivity contribution in [3.63, 3.8) is 0 Å². The Morgan fingerprint density at radius 3 is 2.70 bits per heavy atom. The molecular formula is C24H25N5O. The molecule has 0 bridgehead atoms. The Morgan fingerprint density at radius 1 is 1.00 bits per heavy atom. The molecule has 0 spiro atoms. The molecule has 6 heteroatoms. The highest BCUT2D eigenvalue weighted by Gasteiger charge is 2.23. The summed E-state index contributed by atoms with van der Waals surface area (Å²) in [5.41, 5.74) is 2.87. The second-order valence-corrected chi connectivity index (χ2v) is 8.05. The Bertz CT molecular complexity index is 1210. The van der Waals surface area contributed by atoms with Crippen molar-refractivity contribution in [1.82, 2.24) is 24.7 Å². The lowest BCUT2D eigenvalue weighted by molar-refractivity contribution is 0.347. The van der Waals surface area contributed by atoms with Gasteiger partial charge in [0.25, 0.3) is 0 Å². The molecule has 0 amide bonds. The monoisotopic (exact) mass is 399 g/mol. The number of H-pyrrole nitrogens is 1. The lowest BCUT2D eigenvalue weighted by Crippen LogP contribution is -2.17. The molecule has 0 unspecified atom stereocenters. The third kappa shape index (κ3) is 3.65. The van der Waals surface area contributed by atoms with Crippen molar-refractivity contribution in [2.45, 2.75) is 51.0 Å². The Kier molecular flexibility index (Phi) is 5.13. The number of para-hydroxylation sites is 1. The Hall–Kier alpha value is -3.28. The second-order valence-electron chi connectivity index (χ2n) is 8.05. The number of fused-ring (bicyclic) bond motifs is 1. The molecule has 3 aromatic heterocycles. The molecule has 1 fully saturated rings. The maximum Gasteiger partial charge on any atom is 0.189 e. The number of rotatable bonds is 5. The highest BCUT2D eigenvalue weighted by Crippen LogP contribution is 2.33. The summed E-state index contributed by atoms with van der Waals surface area (Å²) in [6.07, 6.45) is 11.2. The van der Waals surface area contributed by atoms with Crippen molar-refractivity contribution in [2.24, 2.45) is 0 Å². The average molecular weight is 399 g/mol. The largest absolute Gasteiger partial charge is 0.358 e. The normalized spacial score (nSPS) is 14.9. The SMILES string of the molecule is O=c1cc(CCc2nnc(-c3cccnc3)n2C2CCCCC2)[nH]c2ccccc12. The maximum atomic E-state index is 12.5. The topological polar surface area (TPSA) is 76.5 Å². The first-order valence-corrected chi connectivity index (χ1v) is 10.7. The number of aryl methyl sites for hydroxylation is 2.